The van der Waals surface area contributed by atoms with Crippen molar-refractivity contribution in [3.05, 3.63) is 29.3 Å². The molecule has 0 amide bonds. The van der Waals surface area contributed by atoms with Crippen LogP contribution < -0.4 is 0 Å². The van der Waals surface area contributed by atoms with Crippen LogP contribution in [0.2, 0.25) is 0 Å². The Balaban J connectivity index is 3.42. The van der Waals surface area contributed by atoms with E-state index in [-0.39, 0.29) is 23.5 Å². The van der Waals surface area contributed by atoms with Crippen molar-refractivity contribution in [3.8, 4) is 12.3 Å². The number of hydrogen-bond acceptors (Lipinski definition) is 2. The van der Waals surface area contributed by atoms with Crippen LogP contribution in [-0.2, 0) is 16.2 Å². The van der Waals surface area contributed by atoms with Gasteiger partial charge in [-0.1, -0.05) is 18.9 Å². The third-order valence-corrected chi connectivity index (χ3v) is 4.94. The zero-order valence-electron chi connectivity index (χ0n) is 11.7. The summed E-state index contributed by atoms with van der Waals surface area (Å²) < 4.78 is 64.6. The van der Waals surface area contributed by atoms with Crippen molar-refractivity contribution in [2.24, 2.45) is 0 Å². The van der Waals surface area contributed by atoms with Gasteiger partial charge in [0, 0.05) is 6.54 Å². The van der Waals surface area contributed by atoms with Gasteiger partial charge >= 0.3 is 6.18 Å². The molecule has 0 fully saturated rings. The summed E-state index contributed by atoms with van der Waals surface area (Å²) in [5.41, 5.74) is -1.27. The molecule has 0 aromatic heterocycles. The molecule has 3 nitrogen and oxygen atoms in total. The number of benzene rings is 1. The van der Waals surface area contributed by atoms with Crippen LogP contribution in [0.5, 0.6) is 0 Å². The fraction of sp³-hybridized carbons (Fsp3) is 0.429. The Hall–Kier alpha value is -1.52. The molecule has 0 unspecified atom stereocenters. The number of halogens is 3. The van der Waals surface area contributed by atoms with Gasteiger partial charge in [-0.25, -0.2) is 8.42 Å². The zero-order chi connectivity index (χ0) is 16.3. The van der Waals surface area contributed by atoms with E-state index >= 15 is 0 Å². The minimum absolute atomic E-state index is 0.155. The van der Waals surface area contributed by atoms with Gasteiger partial charge in [-0.3, -0.25) is 0 Å². The van der Waals surface area contributed by atoms with Crippen molar-refractivity contribution < 1.29 is 21.6 Å². The average Bonchev–Trinajstić information content (AvgIpc) is 2.37. The third kappa shape index (κ3) is 3.77. The number of sulfonamides is 1. The maximum atomic E-state index is 12.9. The zero-order valence-corrected chi connectivity index (χ0v) is 12.6. The van der Waals surface area contributed by atoms with E-state index in [0.29, 0.717) is 6.42 Å². The summed E-state index contributed by atoms with van der Waals surface area (Å²) in [6.45, 7) is 2.89. The maximum Gasteiger partial charge on any atom is 0.416 e. The molecule has 0 aliphatic carbocycles. The highest BCUT2D eigenvalue weighted by Gasteiger charge is 2.35. The lowest BCUT2D eigenvalue weighted by molar-refractivity contribution is -0.138. The first kappa shape index (κ1) is 17.5. The van der Waals surface area contributed by atoms with Gasteiger partial charge in [-0.05, 0) is 31.0 Å². The van der Waals surface area contributed by atoms with Gasteiger partial charge in [0.15, 0.2) is 0 Å². The first-order valence-electron chi connectivity index (χ1n) is 6.26. The maximum absolute atomic E-state index is 12.9. The van der Waals surface area contributed by atoms with Crippen molar-refractivity contribution in [2.45, 2.75) is 31.3 Å². The second kappa shape index (κ2) is 6.50. The Morgan fingerprint density at radius 2 is 1.95 bits per heavy atom. The molecule has 0 heterocycles. The van der Waals surface area contributed by atoms with Crippen molar-refractivity contribution in [1.29, 1.82) is 0 Å². The number of rotatable bonds is 5. The van der Waals surface area contributed by atoms with Gasteiger partial charge < -0.3 is 0 Å². The average molecular weight is 319 g/mol. The standard InChI is InChI=1S/C14H16F3NO2S/c1-4-9-18(10-5-2)21(19,20)13-8-6-7-12(11(13)3)14(15,16)17/h1,6-8H,5,9-10H2,2-3H3. The Kier molecular flexibility index (Phi) is 5.42. The molecule has 1 aromatic rings. The predicted molar refractivity (Wildman–Crippen MR) is 74.1 cm³/mol. The van der Waals surface area contributed by atoms with E-state index in [9.17, 15) is 21.6 Å². The van der Waals surface area contributed by atoms with Crippen LogP contribution in [0.1, 0.15) is 24.5 Å². The Morgan fingerprint density at radius 1 is 1.33 bits per heavy atom. The Bertz CT molecular complexity index is 645. The third-order valence-electron chi connectivity index (χ3n) is 2.95. The minimum atomic E-state index is -4.60. The quantitative estimate of drug-likeness (QED) is 0.782. The van der Waals surface area contributed by atoms with Gasteiger partial charge in [0.2, 0.25) is 10.0 Å². The van der Waals surface area contributed by atoms with Gasteiger partial charge in [0.05, 0.1) is 17.0 Å². The topological polar surface area (TPSA) is 37.4 Å². The van der Waals surface area contributed by atoms with E-state index in [1.807, 2.05) is 0 Å². The number of terminal acetylenes is 1. The van der Waals surface area contributed by atoms with Crippen LogP contribution in [-0.4, -0.2) is 25.8 Å². The Labute approximate surface area is 122 Å². The highest BCUT2D eigenvalue weighted by atomic mass is 32.2. The molecule has 0 bridgehead atoms. The Morgan fingerprint density at radius 3 is 2.43 bits per heavy atom. The minimum Gasteiger partial charge on any atom is -0.207 e. The highest BCUT2D eigenvalue weighted by molar-refractivity contribution is 7.89. The van der Waals surface area contributed by atoms with Gasteiger partial charge in [-0.15, -0.1) is 6.42 Å². The summed E-state index contributed by atoms with van der Waals surface area (Å²) in [6.07, 6.45) is 1.05. The second-order valence-electron chi connectivity index (χ2n) is 4.47. The summed E-state index contributed by atoms with van der Waals surface area (Å²) in [4.78, 5) is -0.360. The van der Waals surface area contributed by atoms with Gasteiger partial charge in [0.1, 0.15) is 0 Å². The first-order valence-corrected chi connectivity index (χ1v) is 7.70. The summed E-state index contributed by atoms with van der Waals surface area (Å²) >= 11 is 0. The largest absolute Gasteiger partial charge is 0.416 e. The van der Waals surface area contributed by atoms with E-state index in [4.69, 9.17) is 6.42 Å². The molecule has 116 valence electrons. The second-order valence-corrected chi connectivity index (χ2v) is 6.38. The van der Waals surface area contributed by atoms with Crippen molar-refractivity contribution in [3.63, 3.8) is 0 Å². The van der Waals surface area contributed by atoms with Crippen LogP contribution in [0, 0.1) is 19.3 Å². The molecule has 0 aliphatic heterocycles. The van der Waals surface area contributed by atoms with Crippen molar-refractivity contribution >= 4 is 10.0 Å². The van der Waals surface area contributed by atoms with Gasteiger partial charge in [-0.2, -0.15) is 17.5 Å². The fourth-order valence-electron chi connectivity index (χ4n) is 1.98. The lowest BCUT2D eigenvalue weighted by atomic mass is 10.1. The molecule has 7 heteroatoms. The van der Waals surface area contributed by atoms with Crippen LogP contribution >= 0.6 is 0 Å². The number of hydrogen-bond donors (Lipinski definition) is 0. The molecule has 1 rings (SSSR count). The van der Waals surface area contributed by atoms with Crippen LogP contribution in [0.3, 0.4) is 0 Å². The summed E-state index contributed by atoms with van der Waals surface area (Å²) in [6, 6.07) is 3.11. The molecule has 0 radical (unpaired) electrons. The summed E-state index contributed by atoms with van der Waals surface area (Å²) in [7, 11) is -4.05. The lowest BCUT2D eigenvalue weighted by Crippen LogP contribution is -2.33. The van der Waals surface area contributed by atoms with Crippen LogP contribution in [0.25, 0.3) is 0 Å². The molecule has 21 heavy (non-hydrogen) atoms. The van der Waals surface area contributed by atoms with E-state index < -0.39 is 21.8 Å². The van der Waals surface area contributed by atoms with Crippen LogP contribution in [0.4, 0.5) is 13.2 Å². The lowest BCUT2D eigenvalue weighted by Gasteiger charge is -2.21. The van der Waals surface area contributed by atoms with Crippen LogP contribution in [0.15, 0.2) is 23.1 Å². The molecular formula is C14H16F3NO2S. The van der Waals surface area contributed by atoms with E-state index in [1.165, 1.54) is 6.07 Å². The number of nitrogens with zero attached hydrogens (tertiary/aromatic N) is 1. The number of alkyl halides is 3. The molecule has 0 aliphatic rings. The normalized spacial score (nSPS) is 12.4. The predicted octanol–water partition coefficient (Wildman–Crippen LogP) is 3.05. The summed E-state index contributed by atoms with van der Waals surface area (Å²) in [5, 5.41) is 0. The van der Waals surface area contributed by atoms with Crippen molar-refractivity contribution in [1.82, 2.24) is 4.31 Å². The molecule has 0 spiro atoms. The van der Waals surface area contributed by atoms with Crippen molar-refractivity contribution in [2.75, 3.05) is 13.1 Å². The smallest absolute Gasteiger partial charge is 0.207 e. The SMILES string of the molecule is C#CCN(CCC)S(=O)(=O)c1cccc(C(F)(F)F)c1C. The molecule has 1 aromatic carbocycles. The highest BCUT2D eigenvalue weighted by Crippen LogP contribution is 2.34. The van der Waals surface area contributed by atoms with E-state index in [2.05, 4.69) is 5.92 Å². The first-order chi connectivity index (χ1) is 9.66. The van der Waals surface area contributed by atoms with Gasteiger partial charge in [0.25, 0.3) is 0 Å². The van der Waals surface area contributed by atoms with E-state index in [0.717, 1.165) is 23.4 Å². The van der Waals surface area contributed by atoms with E-state index in [1.54, 1.807) is 6.92 Å². The fourth-order valence-corrected chi connectivity index (χ4v) is 3.67. The molecular weight excluding hydrogens is 303 g/mol. The molecule has 0 saturated heterocycles. The summed E-state index contributed by atoms with van der Waals surface area (Å²) in [5.74, 6) is 2.22. The molecule has 0 saturated carbocycles. The molecule has 0 atom stereocenters. The monoisotopic (exact) mass is 319 g/mol. The molecule has 0 N–H and O–H groups in total.